The lowest BCUT2D eigenvalue weighted by atomic mass is 9.85. The van der Waals surface area contributed by atoms with Crippen molar-refractivity contribution in [3.63, 3.8) is 0 Å². The Labute approximate surface area is 106 Å². The molecule has 3 aliphatic rings. The molecule has 2 nitrogen and oxygen atoms in total. The molecule has 0 aromatic carbocycles. The lowest BCUT2D eigenvalue weighted by Crippen LogP contribution is -2.57. The molecule has 3 aliphatic carbocycles. The van der Waals surface area contributed by atoms with E-state index in [0.29, 0.717) is 5.54 Å². The van der Waals surface area contributed by atoms with Crippen molar-refractivity contribution in [2.45, 2.75) is 57.4 Å². The SMILES string of the molecule is CC1CCCC1(CN)N(CC1CC1)CC1CC1. The van der Waals surface area contributed by atoms with Gasteiger partial charge in [-0.25, -0.2) is 0 Å². The van der Waals surface area contributed by atoms with Crippen molar-refractivity contribution >= 4 is 0 Å². The van der Waals surface area contributed by atoms with Gasteiger partial charge in [0.1, 0.15) is 0 Å². The molecule has 3 saturated carbocycles. The molecule has 3 fully saturated rings. The molecule has 0 bridgehead atoms. The van der Waals surface area contributed by atoms with Gasteiger partial charge in [-0.05, 0) is 56.3 Å². The van der Waals surface area contributed by atoms with Gasteiger partial charge in [-0.15, -0.1) is 0 Å². The summed E-state index contributed by atoms with van der Waals surface area (Å²) in [5.74, 6) is 2.82. The molecule has 0 saturated heterocycles. The quantitative estimate of drug-likeness (QED) is 0.768. The number of hydrogen-bond acceptors (Lipinski definition) is 2. The second kappa shape index (κ2) is 4.55. The first-order valence-electron chi connectivity index (χ1n) is 7.70. The van der Waals surface area contributed by atoms with Gasteiger partial charge in [0.05, 0.1) is 0 Å². The highest BCUT2D eigenvalue weighted by Gasteiger charge is 2.46. The maximum absolute atomic E-state index is 6.21. The lowest BCUT2D eigenvalue weighted by molar-refractivity contribution is 0.0542. The van der Waals surface area contributed by atoms with E-state index >= 15 is 0 Å². The van der Waals surface area contributed by atoms with Gasteiger partial charge < -0.3 is 5.73 Å². The Morgan fingerprint density at radius 1 is 1.06 bits per heavy atom. The second-order valence-corrected chi connectivity index (χ2v) is 6.89. The minimum atomic E-state index is 0.366. The van der Waals surface area contributed by atoms with E-state index in [2.05, 4.69) is 11.8 Å². The number of nitrogens with zero attached hydrogens (tertiary/aromatic N) is 1. The first-order chi connectivity index (χ1) is 8.24. The van der Waals surface area contributed by atoms with Gasteiger partial charge in [0.15, 0.2) is 0 Å². The summed E-state index contributed by atoms with van der Waals surface area (Å²) < 4.78 is 0. The molecule has 0 aromatic heterocycles. The van der Waals surface area contributed by atoms with Crippen LogP contribution in [0.3, 0.4) is 0 Å². The zero-order valence-corrected chi connectivity index (χ0v) is 11.3. The minimum absolute atomic E-state index is 0.366. The zero-order valence-electron chi connectivity index (χ0n) is 11.3. The first-order valence-corrected chi connectivity index (χ1v) is 7.70. The third-order valence-electron chi connectivity index (χ3n) is 5.50. The molecule has 0 spiro atoms. The van der Waals surface area contributed by atoms with Crippen molar-refractivity contribution in [2.24, 2.45) is 23.5 Å². The second-order valence-electron chi connectivity index (χ2n) is 6.89. The van der Waals surface area contributed by atoms with Crippen LogP contribution < -0.4 is 5.73 Å². The van der Waals surface area contributed by atoms with E-state index in [1.54, 1.807) is 0 Å². The van der Waals surface area contributed by atoms with E-state index in [-0.39, 0.29) is 0 Å². The van der Waals surface area contributed by atoms with Crippen molar-refractivity contribution < 1.29 is 0 Å². The molecule has 0 amide bonds. The third kappa shape index (κ3) is 2.39. The van der Waals surface area contributed by atoms with E-state index in [0.717, 1.165) is 24.3 Å². The van der Waals surface area contributed by atoms with Gasteiger partial charge in [0, 0.05) is 25.2 Å². The summed E-state index contributed by atoms with van der Waals surface area (Å²) in [6.45, 7) is 6.01. The predicted molar refractivity (Wildman–Crippen MR) is 71.8 cm³/mol. The fourth-order valence-electron chi connectivity index (χ4n) is 3.79. The number of nitrogens with two attached hydrogens (primary N) is 1. The van der Waals surface area contributed by atoms with Crippen molar-refractivity contribution in [1.29, 1.82) is 0 Å². The van der Waals surface area contributed by atoms with Gasteiger partial charge in [0.2, 0.25) is 0 Å². The summed E-state index contributed by atoms with van der Waals surface area (Å²) in [6, 6.07) is 0. The lowest BCUT2D eigenvalue weighted by Gasteiger charge is -2.44. The largest absolute Gasteiger partial charge is 0.329 e. The number of rotatable bonds is 6. The van der Waals surface area contributed by atoms with Crippen molar-refractivity contribution in [1.82, 2.24) is 4.90 Å². The van der Waals surface area contributed by atoms with Crippen LogP contribution in [0.15, 0.2) is 0 Å². The highest BCUT2D eigenvalue weighted by atomic mass is 15.2. The Morgan fingerprint density at radius 3 is 2.00 bits per heavy atom. The van der Waals surface area contributed by atoms with E-state index in [1.165, 1.54) is 58.0 Å². The smallest absolute Gasteiger partial charge is 0.0357 e. The molecule has 2 N–H and O–H groups in total. The average molecular weight is 236 g/mol. The van der Waals surface area contributed by atoms with Crippen LogP contribution in [0.5, 0.6) is 0 Å². The van der Waals surface area contributed by atoms with Crippen LogP contribution in [0.25, 0.3) is 0 Å². The van der Waals surface area contributed by atoms with E-state index < -0.39 is 0 Å². The van der Waals surface area contributed by atoms with Crippen LogP contribution in [-0.2, 0) is 0 Å². The summed E-state index contributed by atoms with van der Waals surface area (Å²) in [5.41, 5.74) is 6.58. The molecule has 0 radical (unpaired) electrons. The molecule has 98 valence electrons. The van der Waals surface area contributed by atoms with Gasteiger partial charge >= 0.3 is 0 Å². The standard InChI is InChI=1S/C15H28N2/c1-12-3-2-8-15(12,11-16)17(9-13-4-5-13)10-14-6-7-14/h12-14H,2-11,16H2,1H3. The van der Waals surface area contributed by atoms with Gasteiger partial charge in [-0.1, -0.05) is 13.3 Å². The zero-order chi connectivity index (χ0) is 11.9. The topological polar surface area (TPSA) is 29.3 Å². The van der Waals surface area contributed by atoms with Crippen LogP contribution in [0.4, 0.5) is 0 Å². The monoisotopic (exact) mass is 236 g/mol. The third-order valence-corrected chi connectivity index (χ3v) is 5.50. The molecule has 0 aromatic rings. The van der Waals surface area contributed by atoms with Gasteiger partial charge in [-0.3, -0.25) is 4.90 Å². The first kappa shape index (κ1) is 12.0. The fraction of sp³-hybridized carbons (Fsp3) is 1.00. The highest BCUT2D eigenvalue weighted by Crippen LogP contribution is 2.44. The van der Waals surface area contributed by atoms with Crippen molar-refractivity contribution in [3.8, 4) is 0 Å². The Hall–Kier alpha value is -0.0800. The average Bonchev–Trinajstić information content (AvgIpc) is 3.22. The Balaban J connectivity index is 1.72. The molecule has 17 heavy (non-hydrogen) atoms. The predicted octanol–water partition coefficient (Wildman–Crippen LogP) is 2.63. The molecule has 0 heterocycles. The maximum atomic E-state index is 6.21. The van der Waals surface area contributed by atoms with Gasteiger partial charge in [-0.2, -0.15) is 0 Å². The van der Waals surface area contributed by atoms with Crippen LogP contribution in [0.1, 0.15) is 51.9 Å². The number of hydrogen-bond donors (Lipinski definition) is 1. The van der Waals surface area contributed by atoms with Crippen LogP contribution in [-0.4, -0.2) is 30.1 Å². The molecular formula is C15H28N2. The van der Waals surface area contributed by atoms with Crippen molar-refractivity contribution in [3.05, 3.63) is 0 Å². The Kier molecular flexibility index (Phi) is 3.20. The summed E-state index contributed by atoms with van der Waals surface area (Å²) in [7, 11) is 0. The van der Waals surface area contributed by atoms with E-state index in [1.807, 2.05) is 0 Å². The van der Waals surface area contributed by atoms with E-state index in [9.17, 15) is 0 Å². The van der Waals surface area contributed by atoms with E-state index in [4.69, 9.17) is 5.73 Å². The highest BCUT2D eigenvalue weighted by molar-refractivity contribution is 5.02. The summed E-state index contributed by atoms with van der Waals surface area (Å²) >= 11 is 0. The van der Waals surface area contributed by atoms with Crippen LogP contribution >= 0.6 is 0 Å². The molecule has 2 unspecified atom stereocenters. The fourth-order valence-corrected chi connectivity index (χ4v) is 3.79. The molecule has 0 aliphatic heterocycles. The summed E-state index contributed by atoms with van der Waals surface area (Å²) in [6.07, 6.45) is 10.0. The van der Waals surface area contributed by atoms with Crippen molar-refractivity contribution in [2.75, 3.05) is 19.6 Å². The van der Waals surface area contributed by atoms with Crippen LogP contribution in [0, 0.1) is 17.8 Å². The molecule has 2 atom stereocenters. The molecule has 2 heteroatoms. The summed E-state index contributed by atoms with van der Waals surface area (Å²) in [5, 5.41) is 0. The van der Waals surface area contributed by atoms with Crippen LogP contribution in [0.2, 0.25) is 0 Å². The van der Waals surface area contributed by atoms with Gasteiger partial charge in [0.25, 0.3) is 0 Å². The Morgan fingerprint density at radius 2 is 1.65 bits per heavy atom. The Bertz CT molecular complexity index is 256. The normalized spacial score (nSPS) is 37.9. The maximum Gasteiger partial charge on any atom is 0.0357 e. The molecular weight excluding hydrogens is 208 g/mol. The molecule has 3 rings (SSSR count). The summed E-state index contributed by atoms with van der Waals surface area (Å²) in [4.78, 5) is 2.83. The minimum Gasteiger partial charge on any atom is -0.329 e.